The molecule has 0 radical (unpaired) electrons. The molecule has 0 bridgehead atoms. The van der Waals surface area contributed by atoms with Gasteiger partial charge in [-0.3, -0.25) is 0 Å². The minimum Gasteiger partial charge on any atom is -0.478 e. The van der Waals surface area contributed by atoms with Crippen molar-refractivity contribution in [3.05, 3.63) is 18.1 Å². The fourth-order valence-corrected chi connectivity index (χ4v) is 1.02. The molecule has 2 rings (SSSR count). The number of fused-ring (bicyclic) bond motifs is 1. The Morgan fingerprint density at radius 1 is 1.54 bits per heavy atom. The van der Waals surface area contributed by atoms with E-state index in [1.807, 2.05) is 0 Å². The fraction of sp³-hybridized carbons (Fsp3) is 0. The van der Waals surface area contributed by atoms with Gasteiger partial charge in [0, 0.05) is 0 Å². The van der Waals surface area contributed by atoms with Gasteiger partial charge in [-0.05, 0) is 0 Å². The molecule has 2 aromatic heterocycles. The molecule has 0 aliphatic carbocycles. The monoisotopic (exact) mass is 179 g/mol. The van der Waals surface area contributed by atoms with Crippen molar-refractivity contribution < 1.29 is 9.90 Å². The summed E-state index contributed by atoms with van der Waals surface area (Å²) < 4.78 is 1.13. The SMILES string of the molecule is Nc1ncnn2ncc(C(=O)O)c12. The Balaban J connectivity index is 2.86. The molecule has 13 heavy (non-hydrogen) atoms. The number of hydrogen-bond acceptors (Lipinski definition) is 5. The maximum Gasteiger partial charge on any atom is 0.339 e. The highest BCUT2D eigenvalue weighted by Crippen LogP contribution is 2.13. The molecule has 0 atom stereocenters. The summed E-state index contributed by atoms with van der Waals surface area (Å²) in [5.74, 6) is -0.999. The Hall–Kier alpha value is -2.18. The summed E-state index contributed by atoms with van der Waals surface area (Å²) in [4.78, 5) is 14.3. The van der Waals surface area contributed by atoms with Gasteiger partial charge in [-0.2, -0.15) is 5.10 Å². The third-order valence-electron chi connectivity index (χ3n) is 1.58. The van der Waals surface area contributed by atoms with E-state index in [1.54, 1.807) is 0 Å². The zero-order chi connectivity index (χ0) is 9.42. The minimum absolute atomic E-state index is 0.00176. The van der Waals surface area contributed by atoms with Crippen molar-refractivity contribution in [2.75, 3.05) is 5.73 Å². The van der Waals surface area contributed by atoms with Crippen LogP contribution >= 0.6 is 0 Å². The third kappa shape index (κ3) is 0.975. The Morgan fingerprint density at radius 3 is 3.00 bits per heavy atom. The third-order valence-corrected chi connectivity index (χ3v) is 1.58. The van der Waals surface area contributed by atoms with Crippen LogP contribution in [0.5, 0.6) is 0 Å². The first kappa shape index (κ1) is 7.47. The Morgan fingerprint density at radius 2 is 2.31 bits per heavy atom. The van der Waals surface area contributed by atoms with Crippen LogP contribution in [0, 0.1) is 0 Å². The van der Waals surface area contributed by atoms with Gasteiger partial charge in [0.1, 0.15) is 17.4 Å². The number of anilines is 1. The molecular weight excluding hydrogens is 174 g/mol. The molecule has 0 aliphatic rings. The summed E-state index contributed by atoms with van der Waals surface area (Å²) in [6.07, 6.45) is 2.39. The maximum absolute atomic E-state index is 10.7. The molecule has 7 nitrogen and oxygen atoms in total. The maximum atomic E-state index is 10.7. The molecule has 0 fully saturated rings. The lowest BCUT2D eigenvalue weighted by molar-refractivity contribution is 0.0699. The molecule has 0 unspecified atom stereocenters. The lowest BCUT2D eigenvalue weighted by atomic mass is 10.3. The topological polar surface area (TPSA) is 106 Å². The van der Waals surface area contributed by atoms with Crippen molar-refractivity contribution in [3.63, 3.8) is 0 Å². The number of aromatic carboxylic acids is 1. The van der Waals surface area contributed by atoms with Crippen molar-refractivity contribution in [1.29, 1.82) is 0 Å². The summed E-state index contributed by atoms with van der Waals surface area (Å²) in [7, 11) is 0. The molecule has 7 heteroatoms. The first-order chi connectivity index (χ1) is 6.20. The molecule has 66 valence electrons. The summed E-state index contributed by atoms with van der Waals surface area (Å²) >= 11 is 0. The van der Waals surface area contributed by atoms with Crippen LogP contribution in [0.1, 0.15) is 10.4 Å². The zero-order valence-corrected chi connectivity index (χ0v) is 6.38. The van der Waals surface area contributed by atoms with Crippen molar-refractivity contribution in [2.45, 2.75) is 0 Å². The summed E-state index contributed by atoms with van der Waals surface area (Å²) in [5, 5.41) is 16.1. The van der Waals surface area contributed by atoms with Crippen LogP contribution in [0.3, 0.4) is 0 Å². The van der Waals surface area contributed by atoms with E-state index in [0.717, 1.165) is 4.63 Å². The first-order valence-corrected chi connectivity index (χ1v) is 3.38. The average Bonchev–Trinajstić information content (AvgIpc) is 2.49. The van der Waals surface area contributed by atoms with Crippen LogP contribution < -0.4 is 5.73 Å². The van der Waals surface area contributed by atoms with Crippen molar-refractivity contribution >= 4 is 17.3 Å². The molecule has 2 heterocycles. The number of carboxylic acids is 1. The van der Waals surface area contributed by atoms with E-state index in [-0.39, 0.29) is 16.9 Å². The molecule has 0 saturated carbocycles. The fourth-order valence-electron chi connectivity index (χ4n) is 1.02. The quantitative estimate of drug-likeness (QED) is 0.605. The van der Waals surface area contributed by atoms with Crippen molar-refractivity contribution in [1.82, 2.24) is 19.8 Å². The van der Waals surface area contributed by atoms with Gasteiger partial charge < -0.3 is 10.8 Å². The first-order valence-electron chi connectivity index (χ1n) is 3.38. The second kappa shape index (κ2) is 2.41. The second-order valence-electron chi connectivity index (χ2n) is 2.35. The number of aromatic nitrogens is 4. The average molecular weight is 179 g/mol. The van der Waals surface area contributed by atoms with Gasteiger partial charge >= 0.3 is 5.97 Å². The number of carbonyl (C=O) groups is 1. The normalized spacial score (nSPS) is 10.5. The minimum atomic E-state index is -1.10. The smallest absolute Gasteiger partial charge is 0.339 e. The van der Waals surface area contributed by atoms with Crippen LogP contribution in [0.25, 0.3) is 5.52 Å². The highest BCUT2D eigenvalue weighted by Gasteiger charge is 2.14. The Bertz CT molecular complexity index is 477. The Kier molecular flexibility index (Phi) is 1.38. The lowest BCUT2D eigenvalue weighted by Gasteiger charge is -1.95. The van der Waals surface area contributed by atoms with E-state index in [2.05, 4.69) is 15.2 Å². The van der Waals surface area contributed by atoms with Crippen LogP contribution in [-0.2, 0) is 0 Å². The predicted molar refractivity (Wildman–Crippen MR) is 42.2 cm³/mol. The number of carboxylic acid groups (broad SMARTS) is 1. The van der Waals surface area contributed by atoms with Crippen LogP contribution in [-0.4, -0.2) is 30.9 Å². The van der Waals surface area contributed by atoms with Gasteiger partial charge in [-0.15, -0.1) is 9.73 Å². The number of nitrogens with two attached hydrogens (primary N) is 1. The second-order valence-corrected chi connectivity index (χ2v) is 2.35. The van der Waals surface area contributed by atoms with E-state index in [4.69, 9.17) is 10.8 Å². The van der Waals surface area contributed by atoms with Gasteiger partial charge in [-0.25, -0.2) is 9.78 Å². The van der Waals surface area contributed by atoms with Gasteiger partial charge in [0.25, 0.3) is 0 Å². The molecule has 0 aromatic carbocycles. The number of hydrogen-bond donors (Lipinski definition) is 2. The standard InChI is InChI=1S/C6H5N5O2/c7-5-4-3(6(12)13)1-9-11(4)10-2-8-5/h1-2H,(H,12,13)(H2,7,8,10). The molecule has 0 amide bonds. The molecule has 2 aromatic rings. The van der Waals surface area contributed by atoms with E-state index in [9.17, 15) is 4.79 Å². The molecule has 0 spiro atoms. The van der Waals surface area contributed by atoms with Gasteiger partial charge in [-0.1, -0.05) is 0 Å². The van der Waals surface area contributed by atoms with Gasteiger partial charge in [0.2, 0.25) is 0 Å². The number of nitrogens with zero attached hydrogens (tertiary/aromatic N) is 4. The van der Waals surface area contributed by atoms with Crippen LogP contribution in [0.15, 0.2) is 12.5 Å². The van der Waals surface area contributed by atoms with E-state index in [1.165, 1.54) is 12.5 Å². The van der Waals surface area contributed by atoms with Crippen molar-refractivity contribution in [2.24, 2.45) is 0 Å². The van der Waals surface area contributed by atoms with E-state index in [0.29, 0.717) is 0 Å². The summed E-state index contributed by atoms with van der Waals surface area (Å²) in [6.45, 7) is 0. The van der Waals surface area contributed by atoms with Gasteiger partial charge in [0.15, 0.2) is 5.82 Å². The largest absolute Gasteiger partial charge is 0.478 e. The predicted octanol–water partition coefficient (Wildman–Crippen LogP) is -0.595. The van der Waals surface area contributed by atoms with Crippen molar-refractivity contribution in [3.8, 4) is 0 Å². The highest BCUT2D eigenvalue weighted by atomic mass is 16.4. The molecule has 3 N–H and O–H groups in total. The summed E-state index contributed by atoms with van der Waals surface area (Å²) in [6, 6.07) is 0. The Labute approximate surface area is 71.8 Å². The van der Waals surface area contributed by atoms with Crippen LogP contribution in [0.4, 0.5) is 5.82 Å². The zero-order valence-electron chi connectivity index (χ0n) is 6.38. The highest BCUT2D eigenvalue weighted by molar-refractivity contribution is 5.98. The van der Waals surface area contributed by atoms with Gasteiger partial charge in [0.05, 0.1) is 6.20 Å². The summed E-state index contributed by atoms with van der Waals surface area (Å²) in [5.41, 5.74) is 5.68. The van der Waals surface area contributed by atoms with E-state index < -0.39 is 5.97 Å². The molecular formula is C6H5N5O2. The molecule has 0 saturated heterocycles. The lowest BCUT2D eigenvalue weighted by Crippen LogP contribution is -2.03. The van der Waals surface area contributed by atoms with E-state index >= 15 is 0 Å². The number of rotatable bonds is 1. The molecule has 0 aliphatic heterocycles. The number of nitrogen functional groups attached to an aromatic ring is 1. The van der Waals surface area contributed by atoms with Crippen LogP contribution in [0.2, 0.25) is 0 Å².